The van der Waals surface area contributed by atoms with Crippen LogP contribution >= 0.6 is 19.0 Å². The van der Waals surface area contributed by atoms with Gasteiger partial charge >= 0.3 is 7.73 Å². The van der Waals surface area contributed by atoms with E-state index in [-0.39, 0.29) is 0 Å². The van der Waals surface area contributed by atoms with Crippen LogP contribution in [-0.4, -0.2) is 0 Å². The topological polar surface area (TPSA) is 18.5 Å². The molecule has 0 spiro atoms. The standard InChI is InChI=1S/C10H6ClO2P/c11-14-12-9-5-7-3-1-2-4-8(7)6-10(9)13-14/h1-6H. The monoisotopic (exact) mass is 224 g/mol. The average molecular weight is 225 g/mol. The maximum atomic E-state index is 5.77. The molecule has 1 heterocycles. The number of rotatable bonds is 0. The third-order valence-electron chi connectivity index (χ3n) is 2.15. The zero-order valence-corrected chi connectivity index (χ0v) is 8.76. The number of halogens is 1. The van der Waals surface area contributed by atoms with Crippen LogP contribution in [0.25, 0.3) is 10.8 Å². The normalized spacial score (nSPS) is 14.9. The van der Waals surface area contributed by atoms with Crippen molar-refractivity contribution < 1.29 is 9.05 Å². The van der Waals surface area contributed by atoms with E-state index in [2.05, 4.69) is 0 Å². The van der Waals surface area contributed by atoms with Crippen LogP contribution in [-0.2, 0) is 0 Å². The highest BCUT2D eigenvalue weighted by molar-refractivity contribution is 7.76. The van der Waals surface area contributed by atoms with Crippen LogP contribution in [0.4, 0.5) is 0 Å². The minimum atomic E-state index is -1.28. The molecule has 1 aliphatic heterocycles. The van der Waals surface area contributed by atoms with Gasteiger partial charge in [-0.1, -0.05) is 24.3 Å². The molecule has 0 radical (unpaired) electrons. The number of hydrogen-bond donors (Lipinski definition) is 0. The minimum Gasteiger partial charge on any atom is -0.423 e. The van der Waals surface area contributed by atoms with Crippen molar-refractivity contribution >= 4 is 29.7 Å². The summed E-state index contributed by atoms with van der Waals surface area (Å²) in [7, 11) is -1.28. The first kappa shape index (κ1) is 8.34. The lowest BCUT2D eigenvalue weighted by Gasteiger charge is -1.98. The average Bonchev–Trinajstić information content (AvgIpc) is 2.53. The molecule has 2 aromatic rings. The minimum absolute atomic E-state index is 0.741. The Bertz CT molecular complexity index is 456. The van der Waals surface area contributed by atoms with Gasteiger partial charge in [-0.15, -0.1) is 0 Å². The summed E-state index contributed by atoms with van der Waals surface area (Å²) in [6.07, 6.45) is 0. The van der Waals surface area contributed by atoms with Gasteiger partial charge in [0.25, 0.3) is 0 Å². The van der Waals surface area contributed by atoms with E-state index < -0.39 is 7.73 Å². The fourth-order valence-electron chi connectivity index (χ4n) is 1.51. The SMILES string of the molecule is ClP1Oc2cc3ccccc3cc2O1. The zero-order chi connectivity index (χ0) is 9.54. The second kappa shape index (κ2) is 3.01. The lowest BCUT2D eigenvalue weighted by molar-refractivity contribution is 0.595. The summed E-state index contributed by atoms with van der Waals surface area (Å²) >= 11 is 5.77. The van der Waals surface area contributed by atoms with Crippen LogP contribution in [0, 0.1) is 0 Å². The molecular formula is C10H6ClO2P. The van der Waals surface area contributed by atoms with Gasteiger partial charge in [0.2, 0.25) is 0 Å². The first-order valence-corrected chi connectivity index (χ1v) is 6.26. The van der Waals surface area contributed by atoms with Crippen molar-refractivity contribution in [2.45, 2.75) is 0 Å². The zero-order valence-electron chi connectivity index (χ0n) is 7.11. The second-order valence-electron chi connectivity index (χ2n) is 3.04. The van der Waals surface area contributed by atoms with Crippen LogP contribution in [0.3, 0.4) is 0 Å². The lowest BCUT2D eigenvalue weighted by atomic mass is 10.1. The van der Waals surface area contributed by atoms with E-state index in [1.54, 1.807) is 0 Å². The molecule has 1 aliphatic rings. The Hall–Kier alpha value is -0.980. The Labute approximate surface area is 87.1 Å². The maximum absolute atomic E-state index is 5.77. The fourth-order valence-corrected chi connectivity index (χ4v) is 2.59. The van der Waals surface area contributed by atoms with Gasteiger partial charge in [-0.2, -0.15) is 0 Å². The predicted molar refractivity (Wildman–Crippen MR) is 58.0 cm³/mol. The van der Waals surface area contributed by atoms with Gasteiger partial charge in [-0.05, 0) is 34.1 Å². The summed E-state index contributed by atoms with van der Waals surface area (Å²) in [5.74, 6) is 1.48. The Kier molecular flexibility index (Phi) is 1.79. The molecule has 14 heavy (non-hydrogen) atoms. The van der Waals surface area contributed by atoms with Crippen molar-refractivity contribution in [3.63, 3.8) is 0 Å². The summed E-state index contributed by atoms with van der Waals surface area (Å²) in [5, 5.41) is 2.27. The highest BCUT2D eigenvalue weighted by atomic mass is 35.7. The molecule has 2 aromatic carbocycles. The lowest BCUT2D eigenvalue weighted by Crippen LogP contribution is -1.74. The number of fused-ring (bicyclic) bond motifs is 2. The molecule has 0 bridgehead atoms. The first-order chi connectivity index (χ1) is 6.83. The molecule has 0 aromatic heterocycles. The molecule has 0 amide bonds. The Morgan fingerprint density at radius 1 is 0.929 bits per heavy atom. The van der Waals surface area contributed by atoms with E-state index in [1.807, 2.05) is 36.4 Å². The van der Waals surface area contributed by atoms with E-state index in [0.29, 0.717) is 0 Å². The van der Waals surface area contributed by atoms with Gasteiger partial charge in [0.1, 0.15) is 0 Å². The van der Waals surface area contributed by atoms with Crippen LogP contribution in [0.2, 0.25) is 0 Å². The van der Waals surface area contributed by atoms with Gasteiger partial charge in [-0.3, -0.25) is 0 Å². The Morgan fingerprint density at radius 3 is 1.93 bits per heavy atom. The second-order valence-corrected chi connectivity index (χ2v) is 4.66. The summed E-state index contributed by atoms with van der Waals surface area (Å²) < 4.78 is 10.6. The number of hydrogen-bond acceptors (Lipinski definition) is 2. The molecule has 0 saturated heterocycles. The van der Waals surface area contributed by atoms with Crippen molar-refractivity contribution in [3.05, 3.63) is 36.4 Å². The summed E-state index contributed by atoms with van der Waals surface area (Å²) in [6, 6.07) is 12.0. The highest BCUT2D eigenvalue weighted by Gasteiger charge is 2.24. The van der Waals surface area contributed by atoms with Gasteiger partial charge < -0.3 is 9.05 Å². The number of benzene rings is 2. The van der Waals surface area contributed by atoms with Crippen molar-refractivity contribution in [1.82, 2.24) is 0 Å². The van der Waals surface area contributed by atoms with Gasteiger partial charge in [0, 0.05) is 0 Å². The molecule has 0 aliphatic carbocycles. The van der Waals surface area contributed by atoms with Crippen molar-refractivity contribution in [2.24, 2.45) is 0 Å². The molecule has 2 nitrogen and oxygen atoms in total. The third-order valence-corrected chi connectivity index (χ3v) is 3.25. The van der Waals surface area contributed by atoms with E-state index >= 15 is 0 Å². The van der Waals surface area contributed by atoms with Crippen LogP contribution in [0.5, 0.6) is 11.5 Å². The smallest absolute Gasteiger partial charge is 0.401 e. The molecule has 0 unspecified atom stereocenters. The Balaban J connectivity index is 2.27. The largest absolute Gasteiger partial charge is 0.423 e. The maximum Gasteiger partial charge on any atom is 0.401 e. The first-order valence-electron chi connectivity index (χ1n) is 4.17. The Morgan fingerprint density at radius 2 is 1.43 bits per heavy atom. The summed E-state index contributed by atoms with van der Waals surface area (Å²) in [6.45, 7) is 0. The third kappa shape index (κ3) is 1.23. The molecule has 3 rings (SSSR count). The van der Waals surface area contributed by atoms with Crippen LogP contribution < -0.4 is 9.05 Å². The van der Waals surface area contributed by atoms with Crippen molar-refractivity contribution in [1.29, 1.82) is 0 Å². The van der Waals surface area contributed by atoms with Gasteiger partial charge in [-0.25, -0.2) is 0 Å². The van der Waals surface area contributed by atoms with E-state index in [0.717, 1.165) is 22.3 Å². The van der Waals surface area contributed by atoms with E-state index in [9.17, 15) is 0 Å². The molecular weight excluding hydrogens is 219 g/mol. The quantitative estimate of drug-likeness (QED) is 0.628. The molecule has 70 valence electrons. The fraction of sp³-hybridized carbons (Fsp3) is 0. The van der Waals surface area contributed by atoms with E-state index in [1.165, 1.54) is 0 Å². The molecule has 4 heteroatoms. The molecule has 0 atom stereocenters. The predicted octanol–water partition coefficient (Wildman–Crippen LogP) is 4.08. The van der Waals surface area contributed by atoms with Gasteiger partial charge in [0.05, 0.1) is 0 Å². The summed E-state index contributed by atoms with van der Waals surface area (Å²) in [5.41, 5.74) is 0. The molecule has 0 fully saturated rings. The van der Waals surface area contributed by atoms with Crippen molar-refractivity contribution in [3.8, 4) is 11.5 Å². The van der Waals surface area contributed by atoms with Crippen LogP contribution in [0.15, 0.2) is 36.4 Å². The van der Waals surface area contributed by atoms with Crippen LogP contribution in [0.1, 0.15) is 0 Å². The summed E-state index contributed by atoms with van der Waals surface area (Å²) in [4.78, 5) is 0. The molecule has 0 saturated carbocycles. The van der Waals surface area contributed by atoms with E-state index in [4.69, 9.17) is 20.3 Å². The van der Waals surface area contributed by atoms with Gasteiger partial charge in [0.15, 0.2) is 11.5 Å². The van der Waals surface area contributed by atoms with Crippen molar-refractivity contribution in [2.75, 3.05) is 0 Å². The highest BCUT2D eigenvalue weighted by Crippen LogP contribution is 2.55. The molecule has 0 N–H and O–H groups in total.